The predicted octanol–water partition coefficient (Wildman–Crippen LogP) is 3.58. The first-order chi connectivity index (χ1) is 9.56. The summed E-state index contributed by atoms with van der Waals surface area (Å²) < 4.78 is 5.47. The molecule has 0 saturated carbocycles. The van der Waals surface area contributed by atoms with E-state index >= 15 is 0 Å². The Labute approximate surface area is 129 Å². The van der Waals surface area contributed by atoms with E-state index in [1.165, 1.54) is 0 Å². The zero-order valence-corrected chi connectivity index (χ0v) is 13.0. The maximum Gasteiger partial charge on any atom is 0.260 e. The lowest BCUT2D eigenvalue weighted by atomic mass is 9.94. The van der Waals surface area contributed by atoms with Crippen molar-refractivity contribution in [2.24, 2.45) is 5.92 Å². The van der Waals surface area contributed by atoms with Gasteiger partial charge < -0.3 is 9.64 Å². The first kappa shape index (κ1) is 15.5. The van der Waals surface area contributed by atoms with Crippen molar-refractivity contribution < 1.29 is 9.53 Å². The minimum atomic E-state index is 0.0191. The number of benzene rings is 1. The van der Waals surface area contributed by atoms with E-state index in [-0.39, 0.29) is 17.9 Å². The van der Waals surface area contributed by atoms with Crippen LogP contribution in [0.5, 0.6) is 5.75 Å². The highest BCUT2D eigenvalue weighted by Gasteiger charge is 2.25. The summed E-state index contributed by atoms with van der Waals surface area (Å²) in [7, 11) is 0. The van der Waals surface area contributed by atoms with Crippen LogP contribution < -0.4 is 4.74 Å². The summed E-state index contributed by atoms with van der Waals surface area (Å²) in [6.07, 6.45) is 1.93. The maximum atomic E-state index is 12.1. The molecule has 1 atom stereocenters. The van der Waals surface area contributed by atoms with E-state index in [4.69, 9.17) is 27.9 Å². The van der Waals surface area contributed by atoms with E-state index in [0.717, 1.165) is 25.9 Å². The molecule has 2 rings (SSSR count). The van der Waals surface area contributed by atoms with Crippen LogP contribution in [0.3, 0.4) is 0 Å². The molecule has 110 valence electrons. The number of carbonyl (C=O) groups excluding carboxylic acids is 1. The van der Waals surface area contributed by atoms with Gasteiger partial charge in [-0.15, -0.1) is 11.6 Å². The molecule has 3 nitrogen and oxygen atoms in total. The Morgan fingerprint density at radius 3 is 2.75 bits per heavy atom. The van der Waals surface area contributed by atoms with Crippen LogP contribution in [-0.4, -0.2) is 35.9 Å². The molecule has 0 aliphatic carbocycles. The number of hydrogen-bond donors (Lipinski definition) is 0. The summed E-state index contributed by atoms with van der Waals surface area (Å²) in [5.74, 6) is 1.15. The van der Waals surface area contributed by atoms with Crippen molar-refractivity contribution >= 4 is 29.1 Å². The van der Waals surface area contributed by atoms with Gasteiger partial charge in [0.1, 0.15) is 5.75 Å². The molecular weight excluding hydrogens is 297 g/mol. The van der Waals surface area contributed by atoms with Crippen LogP contribution in [0, 0.1) is 5.92 Å². The first-order valence-corrected chi connectivity index (χ1v) is 7.68. The van der Waals surface area contributed by atoms with Crippen LogP contribution in [0.4, 0.5) is 0 Å². The van der Waals surface area contributed by atoms with Crippen LogP contribution in [0.25, 0.3) is 0 Å². The van der Waals surface area contributed by atoms with Gasteiger partial charge in [-0.3, -0.25) is 4.79 Å². The van der Waals surface area contributed by atoms with E-state index in [1.54, 1.807) is 24.3 Å². The van der Waals surface area contributed by atoms with E-state index in [1.807, 2.05) is 11.8 Å². The van der Waals surface area contributed by atoms with Crippen molar-refractivity contribution in [3.8, 4) is 5.75 Å². The van der Waals surface area contributed by atoms with E-state index in [9.17, 15) is 4.79 Å². The number of piperidine rings is 1. The third kappa shape index (κ3) is 4.29. The lowest BCUT2D eigenvalue weighted by Gasteiger charge is -2.33. The van der Waals surface area contributed by atoms with Crippen molar-refractivity contribution in [1.29, 1.82) is 0 Å². The van der Waals surface area contributed by atoms with Crippen LogP contribution in [0.2, 0.25) is 5.02 Å². The van der Waals surface area contributed by atoms with Gasteiger partial charge >= 0.3 is 0 Å². The summed E-state index contributed by atoms with van der Waals surface area (Å²) >= 11 is 12.0. The standard InChI is InChI=1S/C15H19Cl2NO2/c1-11(16)12-5-7-18(8-6-12)15(19)10-20-14-4-2-3-13(17)9-14/h2-4,9,11-12H,5-8,10H2,1H3. The number of hydrogen-bond acceptors (Lipinski definition) is 2. The Morgan fingerprint density at radius 1 is 1.45 bits per heavy atom. The van der Waals surface area contributed by atoms with Crippen LogP contribution in [0.1, 0.15) is 19.8 Å². The zero-order chi connectivity index (χ0) is 14.5. The van der Waals surface area contributed by atoms with Crippen molar-refractivity contribution in [2.45, 2.75) is 25.1 Å². The van der Waals surface area contributed by atoms with Crippen molar-refractivity contribution in [3.05, 3.63) is 29.3 Å². The topological polar surface area (TPSA) is 29.5 Å². The first-order valence-electron chi connectivity index (χ1n) is 6.86. The van der Waals surface area contributed by atoms with E-state index in [0.29, 0.717) is 16.7 Å². The second kappa shape index (κ2) is 7.19. The molecule has 1 aromatic carbocycles. The molecule has 0 spiro atoms. The highest BCUT2D eigenvalue weighted by atomic mass is 35.5. The molecule has 0 radical (unpaired) electrons. The second-order valence-electron chi connectivity index (χ2n) is 5.14. The number of alkyl halides is 1. The molecule has 5 heteroatoms. The van der Waals surface area contributed by atoms with Gasteiger partial charge in [0.25, 0.3) is 5.91 Å². The molecule has 1 aliphatic rings. The Balaban J connectivity index is 1.78. The number of rotatable bonds is 4. The molecule has 1 saturated heterocycles. The summed E-state index contributed by atoms with van der Waals surface area (Å²) in [6.45, 7) is 3.60. The van der Waals surface area contributed by atoms with Gasteiger partial charge in [0.2, 0.25) is 0 Å². The average Bonchev–Trinajstić information content (AvgIpc) is 2.45. The Morgan fingerprint density at radius 2 is 2.15 bits per heavy atom. The van der Waals surface area contributed by atoms with Crippen LogP contribution in [-0.2, 0) is 4.79 Å². The fourth-order valence-electron chi connectivity index (χ4n) is 2.40. The monoisotopic (exact) mass is 315 g/mol. The number of ether oxygens (including phenoxy) is 1. The lowest BCUT2D eigenvalue weighted by Crippen LogP contribution is -2.42. The number of halogens is 2. The third-order valence-electron chi connectivity index (χ3n) is 3.70. The highest BCUT2D eigenvalue weighted by molar-refractivity contribution is 6.30. The summed E-state index contributed by atoms with van der Waals surface area (Å²) in [5, 5.41) is 0.779. The third-order valence-corrected chi connectivity index (χ3v) is 4.29. The largest absolute Gasteiger partial charge is 0.484 e. The molecule has 1 unspecified atom stereocenters. The Bertz CT molecular complexity index is 457. The fourth-order valence-corrected chi connectivity index (χ4v) is 2.83. The van der Waals surface area contributed by atoms with Gasteiger partial charge in [0, 0.05) is 23.5 Å². The van der Waals surface area contributed by atoms with Gasteiger partial charge in [0.05, 0.1) is 0 Å². The number of nitrogens with zero attached hydrogens (tertiary/aromatic N) is 1. The van der Waals surface area contributed by atoms with Crippen molar-refractivity contribution in [1.82, 2.24) is 4.90 Å². The maximum absolute atomic E-state index is 12.1. The lowest BCUT2D eigenvalue weighted by molar-refractivity contribution is -0.134. The van der Waals surface area contributed by atoms with Gasteiger partial charge in [-0.25, -0.2) is 0 Å². The van der Waals surface area contributed by atoms with Crippen molar-refractivity contribution in [3.63, 3.8) is 0 Å². The second-order valence-corrected chi connectivity index (χ2v) is 6.27. The molecule has 1 amide bonds. The van der Waals surface area contributed by atoms with Gasteiger partial charge in [-0.2, -0.15) is 0 Å². The minimum Gasteiger partial charge on any atom is -0.484 e. The van der Waals surface area contributed by atoms with Gasteiger partial charge in [-0.1, -0.05) is 17.7 Å². The van der Waals surface area contributed by atoms with Crippen LogP contribution >= 0.6 is 23.2 Å². The van der Waals surface area contributed by atoms with E-state index in [2.05, 4.69) is 0 Å². The van der Waals surface area contributed by atoms with Gasteiger partial charge in [-0.05, 0) is 43.9 Å². The molecular formula is C15H19Cl2NO2. The summed E-state index contributed by atoms with van der Waals surface area (Å²) in [5.41, 5.74) is 0. The summed E-state index contributed by atoms with van der Waals surface area (Å²) in [6, 6.07) is 7.07. The number of amides is 1. The predicted molar refractivity (Wildman–Crippen MR) is 81.6 cm³/mol. The summed E-state index contributed by atoms with van der Waals surface area (Å²) in [4.78, 5) is 13.9. The molecule has 1 fully saturated rings. The molecule has 0 aromatic heterocycles. The number of carbonyl (C=O) groups is 1. The molecule has 1 aliphatic heterocycles. The zero-order valence-electron chi connectivity index (χ0n) is 11.5. The van der Waals surface area contributed by atoms with Gasteiger partial charge in [0.15, 0.2) is 6.61 Å². The normalized spacial score (nSPS) is 17.9. The SMILES string of the molecule is CC(Cl)C1CCN(C(=O)COc2cccc(Cl)c2)CC1. The van der Waals surface area contributed by atoms with Crippen LogP contribution in [0.15, 0.2) is 24.3 Å². The molecule has 1 heterocycles. The van der Waals surface area contributed by atoms with E-state index < -0.39 is 0 Å². The molecule has 0 bridgehead atoms. The minimum absolute atomic E-state index is 0.0191. The molecule has 20 heavy (non-hydrogen) atoms. The smallest absolute Gasteiger partial charge is 0.260 e. The average molecular weight is 316 g/mol. The van der Waals surface area contributed by atoms with Crippen molar-refractivity contribution in [2.75, 3.05) is 19.7 Å². The highest BCUT2D eigenvalue weighted by Crippen LogP contribution is 2.24. The Kier molecular flexibility index (Phi) is 5.55. The quantitative estimate of drug-likeness (QED) is 0.795. The number of likely N-dealkylation sites (tertiary alicyclic amines) is 1. The fraction of sp³-hybridized carbons (Fsp3) is 0.533. The molecule has 1 aromatic rings. The Hall–Kier alpha value is -0.930. The molecule has 0 N–H and O–H groups in total.